The number of hydrogen-bond acceptors (Lipinski definition) is 5. The highest BCUT2D eigenvalue weighted by atomic mass is 16.6. The van der Waals surface area contributed by atoms with Crippen molar-refractivity contribution in [1.29, 1.82) is 0 Å². The van der Waals surface area contributed by atoms with Crippen molar-refractivity contribution in [3.8, 4) is 0 Å². The number of pyridine rings is 1. The van der Waals surface area contributed by atoms with Gasteiger partial charge in [-0.2, -0.15) is 0 Å². The monoisotopic (exact) mass is 481 g/mol. The van der Waals surface area contributed by atoms with Crippen LogP contribution in [0.2, 0.25) is 0 Å². The lowest BCUT2D eigenvalue weighted by atomic mass is 9.45. The molecule has 4 aliphatic rings. The second-order valence-electron chi connectivity index (χ2n) is 10.7. The second kappa shape index (κ2) is 9.17. The van der Waals surface area contributed by atoms with Gasteiger partial charge in [-0.25, -0.2) is 9.78 Å². The number of piperazine rings is 1. The van der Waals surface area contributed by atoms with Gasteiger partial charge >= 0.3 is 6.09 Å². The van der Waals surface area contributed by atoms with Crippen molar-refractivity contribution < 1.29 is 19.1 Å². The summed E-state index contributed by atoms with van der Waals surface area (Å²) in [5.74, 6) is 1.69. The van der Waals surface area contributed by atoms with Crippen molar-refractivity contribution in [2.24, 2.45) is 23.2 Å². The zero-order chi connectivity index (χ0) is 24.7. The van der Waals surface area contributed by atoms with E-state index in [0.29, 0.717) is 73.6 Å². The zero-order valence-electron chi connectivity index (χ0n) is 20.8. The van der Waals surface area contributed by atoms with Crippen LogP contribution in [0.1, 0.15) is 61.0 Å². The molecule has 3 atom stereocenters. The summed E-state index contributed by atoms with van der Waals surface area (Å²) in [5, 5.41) is 3.15. The Morgan fingerprint density at radius 1 is 1.11 bits per heavy atom. The highest BCUT2D eigenvalue weighted by molar-refractivity contribution is 5.95. The van der Waals surface area contributed by atoms with Crippen LogP contribution in [0, 0.1) is 23.2 Å². The van der Waals surface area contributed by atoms with Gasteiger partial charge in [-0.1, -0.05) is 19.9 Å². The number of hydrogen-bond donors (Lipinski definition) is 1. The van der Waals surface area contributed by atoms with Crippen molar-refractivity contribution >= 4 is 23.6 Å². The van der Waals surface area contributed by atoms with E-state index in [2.05, 4.69) is 24.1 Å². The topological polar surface area (TPSA) is 96.3 Å². The highest BCUT2D eigenvalue weighted by Gasteiger charge is 2.53. The molecule has 2 aromatic rings. The molecule has 9 heteroatoms. The van der Waals surface area contributed by atoms with Crippen molar-refractivity contribution in [1.82, 2.24) is 24.5 Å². The molecule has 0 spiro atoms. The number of aromatic nitrogens is 2. The predicted molar refractivity (Wildman–Crippen MR) is 130 cm³/mol. The summed E-state index contributed by atoms with van der Waals surface area (Å²) < 4.78 is 6.74. The number of rotatable bonds is 5. The molecule has 1 N–H and O–H groups in total. The molecule has 0 unspecified atom stereocenters. The van der Waals surface area contributed by atoms with Crippen LogP contribution < -0.4 is 5.32 Å². The Balaban J connectivity index is 1.24. The Bertz CT molecular complexity index is 1130. The van der Waals surface area contributed by atoms with E-state index >= 15 is 0 Å². The minimum absolute atomic E-state index is 0.144. The molecule has 188 valence electrons. The van der Waals surface area contributed by atoms with Gasteiger partial charge in [-0.15, -0.1) is 0 Å². The summed E-state index contributed by atoms with van der Waals surface area (Å²) in [6.07, 6.45) is 5.00. The Labute approximate surface area is 205 Å². The van der Waals surface area contributed by atoms with Crippen LogP contribution in [0.4, 0.5) is 4.79 Å². The number of carbonyl (C=O) groups excluding carboxylic acids is 3. The van der Waals surface area contributed by atoms with E-state index < -0.39 is 0 Å². The van der Waals surface area contributed by atoms with Crippen LogP contribution in [-0.4, -0.2) is 76.4 Å². The van der Waals surface area contributed by atoms with Gasteiger partial charge < -0.3 is 19.9 Å². The third-order valence-electron chi connectivity index (χ3n) is 8.56. The number of imidazole rings is 1. The third-order valence-corrected chi connectivity index (χ3v) is 8.56. The first-order chi connectivity index (χ1) is 16.8. The Kier molecular flexibility index (Phi) is 6.19. The standard InChI is InChI=1S/C26H35N5O4/c1-4-35-25(34)30-12-10-29(11-13-30)24(33)20-16-31-21(6-5-7-22(31)28-20)23(32)27-15-17-8-9-18-14-19(17)26(18,2)3/h5-7,16-19H,4,8-15H2,1-3H3,(H,27,32)/t17-,18-,19-/m0/s1. The van der Waals surface area contributed by atoms with E-state index in [4.69, 9.17) is 4.74 Å². The van der Waals surface area contributed by atoms with E-state index in [9.17, 15) is 14.4 Å². The first-order valence-electron chi connectivity index (χ1n) is 12.8. The Morgan fingerprint density at radius 2 is 1.86 bits per heavy atom. The van der Waals surface area contributed by atoms with E-state index in [1.54, 1.807) is 45.5 Å². The fourth-order valence-electron chi connectivity index (χ4n) is 6.29. The van der Waals surface area contributed by atoms with Crippen LogP contribution in [0.15, 0.2) is 24.4 Å². The lowest BCUT2D eigenvalue weighted by Gasteiger charge is -2.60. The van der Waals surface area contributed by atoms with Crippen molar-refractivity contribution in [3.05, 3.63) is 35.8 Å². The van der Waals surface area contributed by atoms with E-state index in [0.717, 1.165) is 5.92 Å². The van der Waals surface area contributed by atoms with Gasteiger partial charge in [-0.05, 0) is 61.5 Å². The van der Waals surface area contributed by atoms with Gasteiger partial charge in [0, 0.05) is 38.9 Å². The normalized spacial score (nSPS) is 25.2. The van der Waals surface area contributed by atoms with E-state index in [1.165, 1.54) is 19.3 Å². The van der Waals surface area contributed by atoms with Crippen LogP contribution >= 0.6 is 0 Å². The predicted octanol–water partition coefficient (Wildman–Crippen LogP) is 3.05. The van der Waals surface area contributed by atoms with Crippen molar-refractivity contribution in [2.75, 3.05) is 39.3 Å². The largest absolute Gasteiger partial charge is 0.450 e. The molecule has 4 fully saturated rings. The van der Waals surface area contributed by atoms with Crippen LogP contribution in [-0.2, 0) is 4.74 Å². The van der Waals surface area contributed by atoms with E-state index in [-0.39, 0.29) is 17.9 Å². The van der Waals surface area contributed by atoms with Crippen molar-refractivity contribution in [2.45, 2.75) is 40.0 Å². The maximum Gasteiger partial charge on any atom is 0.409 e. The second-order valence-corrected chi connectivity index (χ2v) is 10.7. The van der Waals surface area contributed by atoms with Gasteiger partial charge in [0.05, 0.1) is 6.61 Å². The molecule has 3 amide bonds. The molecule has 0 radical (unpaired) electrons. The lowest BCUT2D eigenvalue weighted by Crippen LogP contribution is -2.54. The molecule has 2 aromatic heterocycles. The molecule has 35 heavy (non-hydrogen) atoms. The fourth-order valence-corrected chi connectivity index (χ4v) is 6.29. The van der Waals surface area contributed by atoms with Gasteiger partial charge in [0.25, 0.3) is 11.8 Å². The molecule has 2 bridgehead atoms. The summed E-state index contributed by atoms with van der Waals surface area (Å²) in [6.45, 7) is 9.18. The minimum Gasteiger partial charge on any atom is -0.450 e. The molecule has 3 heterocycles. The maximum atomic E-state index is 13.1. The number of nitrogens with zero attached hydrogens (tertiary/aromatic N) is 4. The maximum absolute atomic E-state index is 13.1. The summed E-state index contributed by atoms with van der Waals surface area (Å²) >= 11 is 0. The van der Waals surface area contributed by atoms with Gasteiger partial charge in [0.15, 0.2) is 0 Å². The van der Waals surface area contributed by atoms with E-state index in [1.807, 2.05) is 0 Å². The van der Waals surface area contributed by atoms with Crippen molar-refractivity contribution in [3.63, 3.8) is 0 Å². The molecule has 1 aliphatic heterocycles. The lowest BCUT2D eigenvalue weighted by molar-refractivity contribution is -0.103. The summed E-state index contributed by atoms with van der Waals surface area (Å²) in [5.41, 5.74) is 1.72. The first kappa shape index (κ1) is 23.6. The summed E-state index contributed by atoms with van der Waals surface area (Å²) in [4.78, 5) is 45.9. The molecular weight excluding hydrogens is 446 g/mol. The number of fused-ring (bicyclic) bond motifs is 3. The minimum atomic E-state index is -0.350. The van der Waals surface area contributed by atoms with Gasteiger partial charge in [0.1, 0.15) is 17.0 Å². The number of carbonyl (C=O) groups is 3. The quantitative estimate of drug-likeness (QED) is 0.708. The van der Waals surface area contributed by atoms with Crippen LogP contribution in [0.5, 0.6) is 0 Å². The highest BCUT2D eigenvalue weighted by Crippen LogP contribution is 2.61. The average Bonchev–Trinajstić information content (AvgIpc) is 3.31. The first-order valence-corrected chi connectivity index (χ1v) is 12.8. The Hall–Kier alpha value is -3.10. The number of nitrogens with one attached hydrogen (secondary N) is 1. The van der Waals surface area contributed by atoms with Crippen LogP contribution in [0.25, 0.3) is 5.65 Å². The molecule has 3 aliphatic carbocycles. The van der Waals surface area contributed by atoms with Crippen LogP contribution in [0.3, 0.4) is 0 Å². The summed E-state index contributed by atoms with van der Waals surface area (Å²) in [7, 11) is 0. The molecular formula is C26H35N5O4. The summed E-state index contributed by atoms with van der Waals surface area (Å²) in [6, 6.07) is 5.36. The molecule has 6 rings (SSSR count). The van der Waals surface area contributed by atoms with Gasteiger partial charge in [0.2, 0.25) is 0 Å². The fraction of sp³-hybridized carbons (Fsp3) is 0.615. The molecule has 3 saturated carbocycles. The number of ether oxygens (including phenoxy) is 1. The molecule has 1 saturated heterocycles. The SMILES string of the molecule is CCOC(=O)N1CCN(C(=O)c2cn3c(C(=O)NC[C@@H]4CC[C@H]5C[C@@H]4C5(C)C)cccc3n2)CC1. The zero-order valence-corrected chi connectivity index (χ0v) is 20.8. The Morgan fingerprint density at radius 3 is 2.54 bits per heavy atom. The smallest absolute Gasteiger partial charge is 0.409 e. The average molecular weight is 482 g/mol. The molecule has 0 aromatic carbocycles. The number of amides is 3. The molecule has 9 nitrogen and oxygen atoms in total. The van der Waals surface area contributed by atoms with Gasteiger partial charge in [-0.3, -0.25) is 14.0 Å². The third kappa shape index (κ3) is 4.25.